The fourth-order valence-electron chi connectivity index (χ4n) is 1.70. The van der Waals surface area contributed by atoms with E-state index in [0.717, 1.165) is 35.2 Å². The zero-order chi connectivity index (χ0) is 13.7. The SMILES string of the molecule is CNCCCc1nc(-c2ccc(OC)c(Br)c2)no1. The van der Waals surface area contributed by atoms with Crippen LogP contribution in [-0.4, -0.2) is 30.8 Å². The number of benzene rings is 1. The van der Waals surface area contributed by atoms with Crippen LogP contribution in [0.25, 0.3) is 11.4 Å². The quantitative estimate of drug-likeness (QED) is 0.827. The predicted molar refractivity (Wildman–Crippen MR) is 76.2 cm³/mol. The van der Waals surface area contributed by atoms with Crippen molar-refractivity contribution in [3.8, 4) is 17.1 Å². The highest BCUT2D eigenvalue weighted by molar-refractivity contribution is 9.10. The maximum Gasteiger partial charge on any atom is 0.227 e. The van der Waals surface area contributed by atoms with E-state index in [1.807, 2.05) is 25.2 Å². The monoisotopic (exact) mass is 325 g/mol. The molecule has 1 heterocycles. The lowest BCUT2D eigenvalue weighted by molar-refractivity contribution is 0.375. The summed E-state index contributed by atoms with van der Waals surface area (Å²) < 4.78 is 11.3. The lowest BCUT2D eigenvalue weighted by atomic mass is 10.2. The maximum absolute atomic E-state index is 5.23. The van der Waals surface area contributed by atoms with Crippen molar-refractivity contribution in [1.82, 2.24) is 15.5 Å². The third-order valence-electron chi connectivity index (χ3n) is 2.70. The van der Waals surface area contributed by atoms with Crippen molar-refractivity contribution in [2.75, 3.05) is 20.7 Å². The molecule has 6 heteroatoms. The van der Waals surface area contributed by atoms with Gasteiger partial charge in [0.25, 0.3) is 0 Å². The molecule has 1 aromatic carbocycles. The van der Waals surface area contributed by atoms with Crippen molar-refractivity contribution in [2.24, 2.45) is 0 Å². The molecule has 1 N–H and O–H groups in total. The molecule has 0 aliphatic carbocycles. The molecule has 0 aliphatic heterocycles. The number of nitrogens with one attached hydrogen (secondary N) is 1. The predicted octanol–water partition coefficient (Wildman–Crippen LogP) is 2.66. The van der Waals surface area contributed by atoms with Crippen molar-refractivity contribution in [3.63, 3.8) is 0 Å². The van der Waals surface area contributed by atoms with Crippen molar-refractivity contribution in [1.29, 1.82) is 0 Å². The zero-order valence-electron chi connectivity index (χ0n) is 10.9. The van der Waals surface area contributed by atoms with E-state index in [9.17, 15) is 0 Å². The molecule has 2 aromatic rings. The molecule has 2 rings (SSSR count). The average molecular weight is 326 g/mol. The summed E-state index contributed by atoms with van der Waals surface area (Å²) in [6.45, 7) is 0.936. The topological polar surface area (TPSA) is 60.2 Å². The van der Waals surface area contributed by atoms with Gasteiger partial charge in [-0.1, -0.05) is 5.16 Å². The molecule has 0 bridgehead atoms. The Morgan fingerprint density at radius 2 is 2.26 bits per heavy atom. The number of halogens is 1. The molecule has 0 amide bonds. The molecular weight excluding hydrogens is 310 g/mol. The minimum atomic E-state index is 0.600. The van der Waals surface area contributed by atoms with Crippen LogP contribution in [0.5, 0.6) is 5.75 Å². The first-order valence-electron chi connectivity index (χ1n) is 6.05. The van der Waals surface area contributed by atoms with Gasteiger partial charge in [0.2, 0.25) is 11.7 Å². The van der Waals surface area contributed by atoms with Crippen LogP contribution in [-0.2, 0) is 6.42 Å². The van der Waals surface area contributed by atoms with Crippen molar-refractivity contribution >= 4 is 15.9 Å². The molecule has 1 aromatic heterocycles. The van der Waals surface area contributed by atoms with E-state index in [2.05, 4.69) is 31.4 Å². The number of aryl methyl sites for hydroxylation is 1. The van der Waals surface area contributed by atoms with Crippen LogP contribution in [0.15, 0.2) is 27.2 Å². The van der Waals surface area contributed by atoms with Crippen LogP contribution < -0.4 is 10.1 Å². The standard InChI is InChI=1S/C13H16BrN3O2/c1-15-7-3-4-12-16-13(17-19-12)9-5-6-11(18-2)10(14)8-9/h5-6,8,15H,3-4,7H2,1-2H3. The summed E-state index contributed by atoms with van der Waals surface area (Å²) in [6.07, 6.45) is 1.76. The molecule has 0 saturated heterocycles. The number of ether oxygens (including phenoxy) is 1. The van der Waals surface area contributed by atoms with Crippen LogP contribution >= 0.6 is 15.9 Å². The molecule has 102 valence electrons. The first-order valence-corrected chi connectivity index (χ1v) is 6.85. The van der Waals surface area contributed by atoms with Crippen LogP contribution in [0.1, 0.15) is 12.3 Å². The summed E-state index contributed by atoms with van der Waals surface area (Å²) in [5, 5.41) is 7.08. The van der Waals surface area contributed by atoms with Gasteiger partial charge in [0, 0.05) is 12.0 Å². The van der Waals surface area contributed by atoms with Gasteiger partial charge in [-0.25, -0.2) is 0 Å². The molecule has 0 spiro atoms. The molecule has 0 atom stereocenters. The molecule has 19 heavy (non-hydrogen) atoms. The minimum Gasteiger partial charge on any atom is -0.496 e. The lowest BCUT2D eigenvalue weighted by Crippen LogP contribution is -2.08. The molecule has 0 fully saturated rings. The van der Waals surface area contributed by atoms with Crippen molar-refractivity contribution in [2.45, 2.75) is 12.8 Å². The molecule has 0 saturated carbocycles. The first-order chi connectivity index (χ1) is 9.24. The summed E-state index contributed by atoms with van der Waals surface area (Å²) in [4.78, 5) is 4.38. The number of nitrogens with zero attached hydrogens (tertiary/aromatic N) is 2. The Balaban J connectivity index is 2.11. The molecule has 0 unspecified atom stereocenters. The molecule has 0 radical (unpaired) electrons. The van der Waals surface area contributed by atoms with E-state index in [1.165, 1.54) is 0 Å². The van der Waals surface area contributed by atoms with E-state index in [1.54, 1.807) is 7.11 Å². The van der Waals surface area contributed by atoms with Gasteiger partial charge in [-0.15, -0.1) is 0 Å². The third-order valence-corrected chi connectivity index (χ3v) is 3.32. The molecule has 5 nitrogen and oxygen atoms in total. The largest absolute Gasteiger partial charge is 0.496 e. The third kappa shape index (κ3) is 3.54. The van der Waals surface area contributed by atoms with Gasteiger partial charge < -0.3 is 14.6 Å². The number of methoxy groups -OCH3 is 1. The smallest absolute Gasteiger partial charge is 0.227 e. The van der Waals surface area contributed by atoms with Gasteiger partial charge in [-0.3, -0.25) is 0 Å². The second-order valence-electron chi connectivity index (χ2n) is 4.07. The fraction of sp³-hybridized carbons (Fsp3) is 0.385. The first kappa shape index (κ1) is 14.0. The van der Waals surface area contributed by atoms with Crippen molar-refractivity contribution in [3.05, 3.63) is 28.6 Å². The van der Waals surface area contributed by atoms with Gasteiger partial charge >= 0.3 is 0 Å². The number of aromatic nitrogens is 2. The Bertz CT molecular complexity index is 542. The van der Waals surface area contributed by atoms with E-state index >= 15 is 0 Å². The van der Waals surface area contributed by atoms with E-state index in [-0.39, 0.29) is 0 Å². The fourth-order valence-corrected chi connectivity index (χ4v) is 2.24. The highest BCUT2D eigenvalue weighted by Crippen LogP contribution is 2.29. The Morgan fingerprint density at radius 1 is 1.42 bits per heavy atom. The summed E-state index contributed by atoms with van der Waals surface area (Å²) in [5.41, 5.74) is 0.899. The second kappa shape index (κ2) is 6.68. The number of rotatable bonds is 6. The highest BCUT2D eigenvalue weighted by Gasteiger charge is 2.10. The minimum absolute atomic E-state index is 0.600. The summed E-state index contributed by atoms with van der Waals surface area (Å²) >= 11 is 3.44. The Kier molecular flexibility index (Phi) is 4.93. The number of hydrogen-bond donors (Lipinski definition) is 1. The summed E-state index contributed by atoms with van der Waals surface area (Å²) in [5.74, 6) is 2.04. The van der Waals surface area contributed by atoms with Gasteiger partial charge in [0.05, 0.1) is 11.6 Å². The summed E-state index contributed by atoms with van der Waals surface area (Å²) in [6, 6.07) is 5.70. The van der Waals surface area contributed by atoms with Crippen LogP contribution in [0, 0.1) is 0 Å². The van der Waals surface area contributed by atoms with Gasteiger partial charge in [0.15, 0.2) is 0 Å². The molecular formula is C13H16BrN3O2. The number of hydrogen-bond acceptors (Lipinski definition) is 5. The van der Waals surface area contributed by atoms with Gasteiger partial charge in [0.1, 0.15) is 5.75 Å². The van der Waals surface area contributed by atoms with Crippen LogP contribution in [0.2, 0.25) is 0 Å². The second-order valence-corrected chi connectivity index (χ2v) is 4.92. The van der Waals surface area contributed by atoms with Crippen molar-refractivity contribution < 1.29 is 9.26 Å². The van der Waals surface area contributed by atoms with Crippen LogP contribution in [0.3, 0.4) is 0 Å². The lowest BCUT2D eigenvalue weighted by Gasteiger charge is -2.03. The Labute approximate surface area is 120 Å². The summed E-state index contributed by atoms with van der Waals surface area (Å²) in [7, 11) is 3.56. The maximum atomic E-state index is 5.23. The van der Waals surface area contributed by atoms with Crippen LogP contribution in [0.4, 0.5) is 0 Å². The van der Waals surface area contributed by atoms with E-state index in [4.69, 9.17) is 9.26 Å². The van der Waals surface area contributed by atoms with Gasteiger partial charge in [-0.2, -0.15) is 4.98 Å². The Hall–Kier alpha value is -1.40. The molecule has 0 aliphatic rings. The Morgan fingerprint density at radius 3 is 2.95 bits per heavy atom. The zero-order valence-corrected chi connectivity index (χ0v) is 12.5. The average Bonchev–Trinajstić information content (AvgIpc) is 2.88. The normalized spacial score (nSPS) is 10.7. The highest BCUT2D eigenvalue weighted by atomic mass is 79.9. The van der Waals surface area contributed by atoms with E-state index in [0.29, 0.717) is 11.7 Å². The van der Waals surface area contributed by atoms with Gasteiger partial charge in [-0.05, 0) is 54.1 Å². The van der Waals surface area contributed by atoms with E-state index < -0.39 is 0 Å².